The summed E-state index contributed by atoms with van der Waals surface area (Å²) in [6, 6.07) is 0. The molecule has 1 atom stereocenters. The van der Waals surface area contributed by atoms with Crippen LogP contribution < -0.4 is 69.3 Å². The van der Waals surface area contributed by atoms with Gasteiger partial charge in [0.15, 0.2) is 0 Å². The zero-order chi connectivity index (χ0) is 13.0. The number of carboxylic acid groups (broad SMARTS) is 2. The van der Waals surface area contributed by atoms with Crippen LogP contribution in [0.25, 0.3) is 0 Å². The van der Waals surface area contributed by atoms with Crippen LogP contribution in [0, 0.1) is 0 Å². The second-order valence-electron chi connectivity index (χ2n) is 3.45. The third kappa shape index (κ3) is 25.7. The summed E-state index contributed by atoms with van der Waals surface area (Å²) in [7, 11) is 0. The molecule has 0 saturated heterocycles. The van der Waals surface area contributed by atoms with Crippen molar-refractivity contribution in [2.24, 2.45) is 0 Å². The molecular formula is C11H20Na2O5. The van der Waals surface area contributed by atoms with Crippen molar-refractivity contribution in [1.82, 2.24) is 0 Å². The van der Waals surface area contributed by atoms with Gasteiger partial charge in [0.05, 0.1) is 12.1 Å². The molecule has 0 bridgehead atoms. The molecule has 0 spiro atoms. The average molecular weight is 278 g/mol. The van der Waals surface area contributed by atoms with Crippen LogP contribution in [0.1, 0.15) is 52.4 Å². The predicted molar refractivity (Wildman–Crippen MR) is 55.1 cm³/mol. The van der Waals surface area contributed by atoms with E-state index in [1.54, 1.807) is 0 Å². The van der Waals surface area contributed by atoms with Gasteiger partial charge in [-0.3, -0.25) is 0 Å². The summed E-state index contributed by atoms with van der Waals surface area (Å²) in [5, 5.41) is 28.1. The third-order valence-corrected chi connectivity index (χ3v) is 1.84. The van der Waals surface area contributed by atoms with Gasteiger partial charge < -0.3 is 24.9 Å². The maximum absolute atomic E-state index is 9.84. The van der Waals surface area contributed by atoms with Crippen LogP contribution in [0.5, 0.6) is 0 Å². The molecule has 0 saturated carbocycles. The van der Waals surface area contributed by atoms with Crippen molar-refractivity contribution in [2.75, 3.05) is 0 Å². The van der Waals surface area contributed by atoms with E-state index in [1.165, 1.54) is 0 Å². The van der Waals surface area contributed by atoms with Gasteiger partial charge in [-0.1, -0.05) is 33.1 Å². The first-order chi connectivity index (χ1) is 7.45. The zero-order valence-corrected chi connectivity index (χ0v) is 15.9. The normalized spacial score (nSPS) is 9.94. The maximum atomic E-state index is 9.84. The molecule has 1 unspecified atom stereocenters. The van der Waals surface area contributed by atoms with Crippen LogP contribution in [-0.4, -0.2) is 23.1 Å². The molecule has 96 valence electrons. The van der Waals surface area contributed by atoms with E-state index in [0.717, 1.165) is 25.7 Å². The summed E-state index contributed by atoms with van der Waals surface area (Å²) >= 11 is 0. The van der Waals surface area contributed by atoms with Crippen molar-refractivity contribution in [2.45, 2.75) is 58.5 Å². The van der Waals surface area contributed by atoms with E-state index < -0.39 is 18.0 Å². The topological polar surface area (TPSA) is 100 Å². The van der Waals surface area contributed by atoms with Gasteiger partial charge in [-0.25, -0.2) is 0 Å². The Labute approximate surface area is 153 Å². The summed E-state index contributed by atoms with van der Waals surface area (Å²) in [5.41, 5.74) is 0. The monoisotopic (exact) mass is 278 g/mol. The van der Waals surface area contributed by atoms with Crippen molar-refractivity contribution in [1.29, 1.82) is 0 Å². The van der Waals surface area contributed by atoms with Gasteiger partial charge >= 0.3 is 59.1 Å². The van der Waals surface area contributed by atoms with Crippen LogP contribution in [0.4, 0.5) is 0 Å². The summed E-state index contributed by atoms with van der Waals surface area (Å²) < 4.78 is 0. The fourth-order valence-corrected chi connectivity index (χ4v) is 0.836. The maximum Gasteiger partial charge on any atom is 1.00 e. The smallest absolute Gasteiger partial charge is 0.550 e. The summed E-state index contributed by atoms with van der Waals surface area (Å²) in [6.45, 7) is 3.88. The molecule has 0 aliphatic carbocycles. The van der Waals surface area contributed by atoms with E-state index >= 15 is 0 Å². The number of carbonyl (C=O) groups is 2. The Morgan fingerprint density at radius 2 is 1.50 bits per heavy atom. The van der Waals surface area contributed by atoms with Crippen molar-refractivity contribution in [3.8, 4) is 0 Å². The summed E-state index contributed by atoms with van der Waals surface area (Å²) in [5.74, 6) is -2.31. The number of aliphatic hydroxyl groups excluding tert-OH is 1. The van der Waals surface area contributed by atoms with Crippen LogP contribution in [0.2, 0.25) is 0 Å². The molecule has 18 heavy (non-hydrogen) atoms. The Kier molecular flexibility index (Phi) is 30.6. The van der Waals surface area contributed by atoms with Crippen molar-refractivity contribution >= 4 is 11.9 Å². The number of aliphatic hydroxyl groups is 1. The van der Waals surface area contributed by atoms with Crippen LogP contribution in [0.15, 0.2) is 0 Å². The van der Waals surface area contributed by atoms with Crippen LogP contribution >= 0.6 is 0 Å². The Morgan fingerprint density at radius 3 is 1.72 bits per heavy atom. The Hall–Kier alpha value is 0.900. The largest absolute Gasteiger partial charge is 1.00 e. The zero-order valence-electron chi connectivity index (χ0n) is 11.9. The molecule has 0 amide bonds. The molecule has 0 aromatic rings. The molecule has 0 aromatic heterocycles. The van der Waals surface area contributed by atoms with E-state index in [-0.39, 0.29) is 65.5 Å². The molecule has 0 aromatic carbocycles. The molecular weight excluding hydrogens is 258 g/mol. The number of aliphatic carboxylic acids is 2. The van der Waals surface area contributed by atoms with E-state index in [1.807, 2.05) is 13.8 Å². The van der Waals surface area contributed by atoms with E-state index in [4.69, 9.17) is 5.11 Å². The first-order valence-corrected chi connectivity index (χ1v) is 5.54. The quantitative estimate of drug-likeness (QED) is 0.467. The average Bonchev–Trinajstić information content (AvgIpc) is 2.23. The SMILES string of the molecule is CCCCC(=O)[O-].CCCCC(O)C(=O)[O-].[Na+].[Na+]. The van der Waals surface area contributed by atoms with Crippen LogP contribution in [0.3, 0.4) is 0 Å². The first-order valence-electron chi connectivity index (χ1n) is 5.54. The molecule has 0 fully saturated rings. The van der Waals surface area contributed by atoms with Crippen molar-refractivity contribution in [3.05, 3.63) is 0 Å². The van der Waals surface area contributed by atoms with E-state index in [2.05, 4.69) is 0 Å². The number of unbranched alkanes of at least 4 members (excludes halogenated alkanes) is 2. The van der Waals surface area contributed by atoms with Gasteiger partial charge in [0.1, 0.15) is 0 Å². The van der Waals surface area contributed by atoms with Gasteiger partial charge in [-0.05, 0) is 19.3 Å². The molecule has 5 nitrogen and oxygen atoms in total. The number of carbonyl (C=O) groups excluding carboxylic acids is 2. The number of hydrogen-bond donors (Lipinski definition) is 1. The first kappa shape index (κ1) is 27.3. The minimum Gasteiger partial charge on any atom is -0.550 e. The summed E-state index contributed by atoms with van der Waals surface area (Å²) in [4.78, 5) is 19.5. The molecule has 0 heterocycles. The molecule has 0 aliphatic rings. The molecule has 7 heteroatoms. The van der Waals surface area contributed by atoms with Gasteiger partial charge in [-0.2, -0.15) is 0 Å². The number of hydrogen-bond acceptors (Lipinski definition) is 5. The standard InChI is InChI=1S/C6H12O3.C5H10O2.2Na/c1-2-3-4-5(7)6(8)9;1-2-3-4-5(6)7;;/h5,7H,2-4H2,1H3,(H,8,9);2-4H2,1H3,(H,6,7);;/q;;2*+1/p-2. The Morgan fingerprint density at radius 1 is 1.06 bits per heavy atom. The predicted octanol–water partition coefficient (Wildman–Crippen LogP) is -6.78. The van der Waals surface area contributed by atoms with Gasteiger partial charge in [0.25, 0.3) is 0 Å². The second kappa shape index (κ2) is 20.2. The molecule has 0 radical (unpaired) electrons. The second-order valence-corrected chi connectivity index (χ2v) is 3.45. The van der Waals surface area contributed by atoms with Gasteiger partial charge in [-0.15, -0.1) is 0 Å². The fraction of sp³-hybridized carbons (Fsp3) is 0.818. The van der Waals surface area contributed by atoms with Crippen LogP contribution in [-0.2, 0) is 9.59 Å². The number of carboxylic acids is 2. The minimum absolute atomic E-state index is 0. The van der Waals surface area contributed by atoms with Crippen molar-refractivity contribution < 1.29 is 84.0 Å². The fourth-order valence-electron chi connectivity index (χ4n) is 0.836. The van der Waals surface area contributed by atoms with E-state index in [0.29, 0.717) is 6.42 Å². The molecule has 0 aliphatic heterocycles. The Bertz CT molecular complexity index is 200. The molecule has 1 N–H and O–H groups in total. The van der Waals surface area contributed by atoms with E-state index in [9.17, 15) is 19.8 Å². The molecule has 0 rings (SSSR count). The van der Waals surface area contributed by atoms with Crippen molar-refractivity contribution in [3.63, 3.8) is 0 Å². The number of rotatable bonds is 7. The third-order valence-electron chi connectivity index (χ3n) is 1.84. The minimum atomic E-state index is -1.37. The van der Waals surface area contributed by atoms with Gasteiger partial charge in [0.2, 0.25) is 0 Å². The Balaban J connectivity index is -0.000000100. The summed E-state index contributed by atoms with van der Waals surface area (Å²) in [6.07, 6.45) is 2.52. The van der Waals surface area contributed by atoms with Gasteiger partial charge in [0, 0.05) is 5.97 Å².